The van der Waals surface area contributed by atoms with E-state index in [-0.39, 0.29) is 0 Å². The standard InChI is InChI=1S/C15H10BrClN2O/c1-9-2-4-10(5-3-9)12(8-18)11-6-13(16)15(19-20)7-14(11)17/h2-7,20H,1H3/b12-11-,19-15-. The monoisotopic (exact) mass is 348 g/mol. The van der Waals surface area contributed by atoms with Crippen LogP contribution in [0.25, 0.3) is 5.57 Å². The largest absolute Gasteiger partial charge is 0.410 e. The van der Waals surface area contributed by atoms with Crippen LogP contribution in [0, 0.1) is 18.3 Å². The Bertz CT molecular complexity index is 706. The van der Waals surface area contributed by atoms with Crippen molar-refractivity contribution in [2.24, 2.45) is 5.16 Å². The summed E-state index contributed by atoms with van der Waals surface area (Å²) in [6, 6.07) is 9.81. The van der Waals surface area contributed by atoms with Crippen molar-refractivity contribution in [3.8, 4) is 6.07 Å². The maximum Gasteiger partial charge on any atom is 0.118 e. The molecule has 0 radical (unpaired) electrons. The molecule has 0 unspecified atom stereocenters. The van der Waals surface area contributed by atoms with Crippen molar-refractivity contribution in [1.29, 1.82) is 5.26 Å². The van der Waals surface area contributed by atoms with E-state index in [1.165, 1.54) is 6.08 Å². The lowest BCUT2D eigenvalue weighted by Crippen LogP contribution is -2.03. The highest BCUT2D eigenvalue weighted by atomic mass is 79.9. The molecule has 0 bridgehead atoms. The summed E-state index contributed by atoms with van der Waals surface area (Å²) in [5.41, 5.74) is 3.30. The highest BCUT2D eigenvalue weighted by Gasteiger charge is 2.18. The normalized spacial score (nSPS) is 19.2. The van der Waals surface area contributed by atoms with Crippen LogP contribution in [-0.2, 0) is 0 Å². The molecule has 2 rings (SSSR count). The molecule has 0 atom stereocenters. The summed E-state index contributed by atoms with van der Waals surface area (Å²) in [5, 5.41) is 21.7. The third-order valence-corrected chi connectivity index (χ3v) is 3.81. The number of nitriles is 1. The van der Waals surface area contributed by atoms with Gasteiger partial charge in [-0.2, -0.15) is 5.26 Å². The molecule has 100 valence electrons. The predicted octanol–water partition coefficient (Wildman–Crippen LogP) is 4.52. The van der Waals surface area contributed by atoms with Crippen molar-refractivity contribution >= 4 is 38.8 Å². The minimum atomic E-state index is 0.319. The van der Waals surface area contributed by atoms with Gasteiger partial charge < -0.3 is 5.21 Å². The lowest BCUT2D eigenvalue weighted by molar-refractivity contribution is 0.320. The van der Waals surface area contributed by atoms with Crippen LogP contribution in [0.5, 0.6) is 0 Å². The van der Waals surface area contributed by atoms with Crippen LogP contribution < -0.4 is 0 Å². The number of allylic oxidation sites excluding steroid dienone is 6. The molecule has 1 aliphatic carbocycles. The lowest BCUT2D eigenvalue weighted by Gasteiger charge is -2.12. The number of nitrogens with zero attached hydrogens (tertiary/aromatic N) is 2. The van der Waals surface area contributed by atoms with Crippen LogP contribution in [0.1, 0.15) is 11.1 Å². The molecule has 0 aliphatic heterocycles. The van der Waals surface area contributed by atoms with Gasteiger partial charge in [-0.15, -0.1) is 0 Å². The number of oxime groups is 1. The van der Waals surface area contributed by atoms with Crippen molar-refractivity contribution in [2.75, 3.05) is 0 Å². The van der Waals surface area contributed by atoms with E-state index in [1.807, 2.05) is 31.2 Å². The summed E-state index contributed by atoms with van der Waals surface area (Å²) in [7, 11) is 0. The summed E-state index contributed by atoms with van der Waals surface area (Å²) < 4.78 is 0.569. The Kier molecular flexibility index (Phi) is 4.43. The van der Waals surface area contributed by atoms with E-state index in [2.05, 4.69) is 27.2 Å². The van der Waals surface area contributed by atoms with Crippen LogP contribution in [0.15, 0.2) is 56.7 Å². The molecule has 1 aliphatic rings. The zero-order chi connectivity index (χ0) is 14.7. The quantitative estimate of drug-likeness (QED) is 0.460. The number of rotatable bonds is 1. The van der Waals surface area contributed by atoms with Gasteiger partial charge in [0.15, 0.2) is 0 Å². The second-order valence-electron chi connectivity index (χ2n) is 4.24. The van der Waals surface area contributed by atoms with Crippen molar-refractivity contribution < 1.29 is 5.21 Å². The van der Waals surface area contributed by atoms with Crippen molar-refractivity contribution in [1.82, 2.24) is 0 Å². The highest BCUT2D eigenvalue weighted by molar-refractivity contribution is 9.12. The van der Waals surface area contributed by atoms with E-state index in [4.69, 9.17) is 16.8 Å². The first-order chi connectivity index (χ1) is 9.56. The summed E-state index contributed by atoms with van der Waals surface area (Å²) in [6.45, 7) is 1.98. The zero-order valence-electron chi connectivity index (χ0n) is 10.6. The molecule has 3 nitrogen and oxygen atoms in total. The average Bonchev–Trinajstić information content (AvgIpc) is 2.45. The third kappa shape index (κ3) is 2.84. The second kappa shape index (κ2) is 6.08. The highest BCUT2D eigenvalue weighted by Crippen LogP contribution is 2.33. The molecule has 1 aromatic carbocycles. The fourth-order valence-electron chi connectivity index (χ4n) is 1.81. The first-order valence-electron chi connectivity index (χ1n) is 5.75. The van der Waals surface area contributed by atoms with Crippen molar-refractivity contribution in [3.63, 3.8) is 0 Å². The van der Waals surface area contributed by atoms with E-state index in [9.17, 15) is 5.26 Å². The van der Waals surface area contributed by atoms with Crippen LogP contribution in [-0.4, -0.2) is 10.9 Å². The summed E-state index contributed by atoms with van der Waals surface area (Å²) in [6.07, 6.45) is 3.18. The minimum Gasteiger partial charge on any atom is -0.410 e. The van der Waals surface area contributed by atoms with Crippen LogP contribution >= 0.6 is 27.5 Å². The van der Waals surface area contributed by atoms with Gasteiger partial charge in [-0.1, -0.05) is 46.6 Å². The van der Waals surface area contributed by atoms with E-state index < -0.39 is 0 Å². The van der Waals surface area contributed by atoms with E-state index in [0.717, 1.165) is 11.1 Å². The maximum atomic E-state index is 9.41. The van der Waals surface area contributed by atoms with E-state index in [0.29, 0.717) is 26.4 Å². The topological polar surface area (TPSA) is 56.4 Å². The Morgan fingerprint density at radius 1 is 1.30 bits per heavy atom. The van der Waals surface area contributed by atoms with Gasteiger partial charge in [0.1, 0.15) is 11.8 Å². The Hall–Kier alpha value is -1.83. The molecule has 0 saturated carbocycles. The molecule has 20 heavy (non-hydrogen) atoms. The fraction of sp³-hybridized carbons (Fsp3) is 0.0667. The molecule has 0 fully saturated rings. The number of benzene rings is 1. The summed E-state index contributed by atoms with van der Waals surface area (Å²) in [5.74, 6) is 0. The van der Waals surface area contributed by atoms with Gasteiger partial charge in [0.25, 0.3) is 0 Å². The van der Waals surface area contributed by atoms with Gasteiger partial charge in [-0.3, -0.25) is 0 Å². The molecule has 0 amide bonds. The zero-order valence-corrected chi connectivity index (χ0v) is 12.9. The number of hydrogen-bond donors (Lipinski definition) is 1. The third-order valence-electron chi connectivity index (χ3n) is 2.87. The van der Waals surface area contributed by atoms with Gasteiger partial charge in [0.05, 0.1) is 10.6 Å². The SMILES string of the molecule is Cc1ccc(/C(C#N)=C2C=C(Br)/C(=N\O)C=C/2Cl)cc1. The first-order valence-corrected chi connectivity index (χ1v) is 6.92. The van der Waals surface area contributed by atoms with Gasteiger partial charge in [-0.25, -0.2) is 0 Å². The first kappa shape index (κ1) is 14.6. The molecule has 1 N–H and O–H groups in total. The smallest absolute Gasteiger partial charge is 0.118 e. The van der Waals surface area contributed by atoms with E-state index in [1.54, 1.807) is 6.08 Å². The minimum absolute atomic E-state index is 0.319. The maximum absolute atomic E-state index is 9.41. The average molecular weight is 350 g/mol. The molecule has 0 aromatic heterocycles. The number of halogens is 2. The number of aryl methyl sites for hydroxylation is 1. The molecule has 5 heteroatoms. The second-order valence-corrected chi connectivity index (χ2v) is 5.50. The molecular weight excluding hydrogens is 340 g/mol. The van der Waals surface area contributed by atoms with E-state index >= 15 is 0 Å². The number of hydrogen-bond acceptors (Lipinski definition) is 3. The molecule has 0 saturated heterocycles. The Labute approximate surface area is 130 Å². The van der Waals surface area contributed by atoms with Gasteiger partial charge >= 0.3 is 0 Å². The molecule has 1 aromatic rings. The van der Waals surface area contributed by atoms with Gasteiger partial charge in [0, 0.05) is 10.1 Å². The van der Waals surface area contributed by atoms with Gasteiger partial charge in [-0.05, 0) is 40.6 Å². The molecular formula is C15H10BrClN2O. The Morgan fingerprint density at radius 2 is 1.95 bits per heavy atom. The summed E-state index contributed by atoms with van der Waals surface area (Å²) in [4.78, 5) is 0. The molecule has 0 spiro atoms. The van der Waals surface area contributed by atoms with Crippen molar-refractivity contribution in [2.45, 2.75) is 6.92 Å². The Morgan fingerprint density at radius 3 is 2.50 bits per heavy atom. The van der Waals surface area contributed by atoms with Crippen LogP contribution in [0.4, 0.5) is 0 Å². The summed E-state index contributed by atoms with van der Waals surface area (Å²) >= 11 is 9.46. The van der Waals surface area contributed by atoms with Crippen LogP contribution in [0.3, 0.4) is 0 Å². The fourth-order valence-corrected chi connectivity index (χ4v) is 2.48. The Balaban J connectivity index is 2.61. The predicted molar refractivity (Wildman–Crippen MR) is 83.9 cm³/mol. The van der Waals surface area contributed by atoms with Crippen LogP contribution in [0.2, 0.25) is 0 Å². The molecule has 0 heterocycles. The lowest BCUT2D eigenvalue weighted by atomic mass is 9.96. The van der Waals surface area contributed by atoms with Crippen molar-refractivity contribution in [3.05, 3.63) is 62.6 Å². The van der Waals surface area contributed by atoms with Gasteiger partial charge in [0.2, 0.25) is 0 Å².